The molecule has 1 aromatic carbocycles. The second kappa shape index (κ2) is 6.84. The zero-order valence-corrected chi connectivity index (χ0v) is 12.3. The molecule has 20 heavy (non-hydrogen) atoms. The minimum atomic E-state index is 0.658. The summed E-state index contributed by atoms with van der Waals surface area (Å²) in [6.07, 6.45) is 2.68. The molecule has 1 aromatic heterocycles. The first-order valence-electron chi connectivity index (χ1n) is 7.07. The van der Waals surface area contributed by atoms with Crippen molar-refractivity contribution < 1.29 is 0 Å². The van der Waals surface area contributed by atoms with Crippen molar-refractivity contribution >= 4 is 17.5 Å². The third-order valence-electron chi connectivity index (χ3n) is 3.23. The first kappa shape index (κ1) is 14.2. The predicted molar refractivity (Wildman–Crippen MR) is 82.5 cm³/mol. The number of anilines is 3. The number of nitrogens with zero attached hydrogens (tertiary/aromatic N) is 4. The molecule has 1 N–H and O–H groups in total. The van der Waals surface area contributed by atoms with Crippen molar-refractivity contribution in [2.75, 3.05) is 23.3 Å². The van der Waals surface area contributed by atoms with Crippen LogP contribution < -0.4 is 10.2 Å². The van der Waals surface area contributed by atoms with E-state index in [-0.39, 0.29) is 0 Å². The van der Waals surface area contributed by atoms with Gasteiger partial charge in [0.25, 0.3) is 0 Å². The second-order valence-electron chi connectivity index (χ2n) is 4.49. The number of aromatic nitrogens is 3. The van der Waals surface area contributed by atoms with E-state index >= 15 is 0 Å². The van der Waals surface area contributed by atoms with Gasteiger partial charge < -0.3 is 10.2 Å². The van der Waals surface area contributed by atoms with Crippen LogP contribution in [0.5, 0.6) is 0 Å². The van der Waals surface area contributed by atoms with Gasteiger partial charge in [-0.15, -0.1) is 5.10 Å². The van der Waals surface area contributed by atoms with Gasteiger partial charge in [0.05, 0.1) is 6.20 Å². The van der Waals surface area contributed by atoms with Crippen molar-refractivity contribution in [2.24, 2.45) is 0 Å². The quantitative estimate of drug-likeness (QED) is 0.875. The van der Waals surface area contributed by atoms with Gasteiger partial charge in [-0.2, -0.15) is 10.1 Å². The predicted octanol–water partition coefficient (Wildman–Crippen LogP) is 3.02. The van der Waals surface area contributed by atoms with Crippen LogP contribution in [0.1, 0.15) is 26.3 Å². The molecule has 2 aromatic rings. The molecule has 0 saturated carbocycles. The lowest BCUT2D eigenvalue weighted by Crippen LogP contribution is -2.24. The number of benzene rings is 1. The SMILES string of the molecule is CCc1ccc(Nc2cnnc(N(CC)CC)n2)cc1. The van der Waals surface area contributed by atoms with Gasteiger partial charge >= 0.3 is 0 Å². The summed E-state index contributed by atoms with van der Waals surface area (Å²) in [6, 6.07) is 8.33. The molecule has 0 atom stereocenters. The zero-order chi connectivity index (χ0) is 14.4. The van der Waals surface area contributed by atoms with E-state index in [4.69, 9.17) is 0 Å². The van der Waals surface area contributed by atoms with Crippen LogP contribution in [0.25, 0.3) is 0 Å². The maximum atomic E-state index is 4.49. The Bertz CT molecular complexity index is 534. The van der Waals surface area contributed by atoms with E-state index in [1.165, 1.54) is 5.56 Å². The first-order chi connectivity index (χ1) is 9.76. The molecule has 0 spiro atoms. The maximum Gasteiger partial charge on any atom is 0.247 e. The molecule has 106 valence electrons. The summed E-state index contributed by atoms with van der Waals surface area (Å²) in [5, 5.41) is 11.3. The highest BCUT2D eigenvalue weighted by Gasteiger charge is 2.07. The van der Waals surface area contributed by atoms with Gasteiger partial charge in [-0.1, -0.05) is 19.1 Å². The Labute approximate surface area is 120 Å². The Balaban J connectivity index is 2.14. The number of hydrogen-bond donors (Lipinski definition) is 1. The van der Waals surface area contributed by atoms with Gasteiger partial charge in [-0.25, -0.2) is 0 Å². The third-order valence-corrected chi connectivity index (χ3v) is 3.23. The van der Waals surface area contributed by atoms with E-state index in [1.807, 2.05) is 0 Å². The van der Waals surface area contributed by atoms with Crippen LogP contribution in [0.15, 0.2) is 30.5 Å². The normalized spacial score (nSPS) is 10.3. The molecule has 0 aliphatic carbocycles. The summed E-state index contributed by atoms with van der Waals surface area (Å²) >= 11 is 0. The lowest BCUT2D eigenvalue weighted by molar-refractivity contribution is 0.796. The van der Waals surface area contributed by atoms with Gasteiger partial charge in [-0.05, 0) is 38.0 Å². The van der Waals surface area contributed by atoms with Gasteiger partial charge in [0.2, 0.25) is 5.95 Å². The summed E-state index contributed by atoms with van der Waals surface area (Å²) in [5.74, 6) is 1.37. The molecular weight excluding hydrogens is 250 g/mol. The lowest BCUT2D eigenvalue weighted by Gasteiger charge is -2.18. The van der Waals surface area contributed by atoms with Crippen molar-refractivity contribution in [1.82, 2.24) is 15.2 Å². The highest BCUT2D eigenvalue weighted by Crippen LogP contribution is 2.16. The monoisotopic (exact) mass is 271 g/mol. The summed E-state index contributed by atoms with van der Waals surface area (Å²) in [4.78, 5) is 6.56. The third kappa shape index (κ3) is 3.44. The van der Waals surface area contributed by atoms with Crippen molar-refractivity contribution in [3.63, 3.8) is 0 Å². The first-order valence-corrected chi connectivity index (χ1v) is 7.07. The molecule has 2 rings (SSSR count). The minimum absolute atomic E-state index is 0.658. The average Bonchev–Trinajstić information content (AvgIpc) is 2.50. The summed E-state index contributed by atoms with van der Waals surface area (Å²) < 4.78 is 0. The molecule has 0 unspecified atom stereocenters. The van der Waals surface area contributed by atoms with Crippen molar-refractivity contribution in [2.45, 2.75) is 27.2 Å². The molecule has 1 heterocycles. The molecule has 0 saturated heterocycles. The van der Waals surface area contributed by atoms with Gasteiger partial charge in [0.1, 0.15) is 0 Å². The lowest BCUT2D eigenvalue weighted by atomic mass is 10.1. The van der Waals surface area contributed by atoms with E-state index in [9.17, 15) is 0 Å². The van der Waals surface area contributed by atoms with E-state index in [0.29, 0.717) is 11.8 Å². The number of nitrogens with one attached hydrogen (secondary N) is 1. The molecule has 0 amide bonds. The molecule has 0 fully saturated rings. The summed E-state index contributed by atoms with van der Waals surface area (Å²) in [6.45, 7) is 8.04. The van der Waals surface area contributed by atoms with Gasteiger partial charge in [0.15, 0.2) is 5.82 Å². The largest absolute Gasteiger partial charge is 0.340 e. The van der Waals surface area contributed by atoms with E-state index in [2.05, 4.69) is 70.4 Å². The fourth-order valence-corrected chi connectivity index (χ4v) is 1.97. The maximum absolute atomic E-state index is 4.49. The number of hydrogen-bond acceptors (Lipinski definition) is 5. The number of rotatable bonds is 6. The minimum Gasteiger partial charge on any atom is -0.340 e. The van der Waals surface area contributed by atoms with Gasteiger partial charge in [0, 0.05) is 18.8 Å². The molecule has 5 nitrogen and oxygen atoms in total. The Hall–Kier alpha value is -2.17. The Morgan fingerprint density at radius 2 is 1.75 bits per heavy atom. The van der Waals surface area contributed by atoms with Crippen LogP contribution >= 0.6 is 0 Å². The van der Waals surface area contributed by atoms with Crippen molar-refractivity contribution in [3.8, 4) is 0 Å². The van der Waals surface area contributed by atoms with Crippen LogP contribution in [-0.2, 0) is 6.42 Å². The van der Waals surface area contributed by atoms with Gasteiger partial charge in [-0.3, -0.25) is 0 Å². The standard InChI is InChI=1S/C15H21N5/c1-4-12-7-9-13(10-8-12)17-14-11-16-19-15(18-14)20(5-2)6-3/h7-11H,4-6H2,1-3H3,(H,17,18,19). The van der Waals surface area contributed by atoms with Crippen LogP contribution in [0, 0.1) is 0 Å². The highest BCUT2D eigenvalue weighted by molar-refractivity contribution is 5.56. The summed E-state index contributed by atoms with van der Waals surface area (Å²) in [7, 11) is 0. The van der Waals surface area contributed by atoms with Crippen molar-refractivity contribution in [3.05, 3.63) is 36.0 Å². The fourth-order valence-electron chi connectivity index (χ4n) is 1.97. The van der Waals surface area contributed by atoms with Crippen LogP contribution in [0.3, 0.4) is 0 Å². The topological polar surface area (TPSA) is 53.9 Å². The Morgan fingerprint density at radius 1 is 1.05 bits per heavy atom. The highest BCUT2D eigenvalue weighted by atomic mass is 15.3. The van der Waals surface area contributed by atoms with E-state index < -0.39 is 0 Å². The smallest absolute Gasteiger partial charge is 0.247 e. The number of aryl methyl sites for hydroxylation is 1. The molecule has 0 aliphatic rings. The fraction of sp³-hybridized carbons (Fsp3) is 0.400. The van der Waals surface area contributed by atoms with Crippen molar-refractivity contribution in [1.29, 1.82) is 0 Å². The summed E-state index contributed by atoms with van der Waals surface area (Å²) in [5.41, 5.74) is 2.33. The molecule has 0 aliphatic heterocycles. The van der Waals surface area contributed by atoms with E-state index in [0.717, 1.165) is 25.2 Å². The Kier molecular flexibility index (Phi) is 4.87. The Morgan fingerprint density at radius 3 is 2.35 bits per heavy atom. The molecule has 0 bridgehead atoms. The van der Waals surface area contributed by atoms with E-state index in [1.54, 1.807) is 6.20 Å². The van der Waals surface area contributed by atoms with Crippen LogP contribution in [-0.4, -0.2) is 28.3 Å². The average molecular weight is 271 g/mol. The second-order valence-corrected chi connectivity index (χ2v) is 4.49. The molecular formula is C15H21N5. The zero-order valence-electron chi connectivity index (χ0n) is 12.3. The molecule has 5 heteroatoms. The van der Waals surface area contributed by atoms with Crippen LogP contribution in [0.4, 0.5) is 17.5 Å². The molecule has 0 radical (unpaired) electrons. The van der Waals surface area contributed by atoms with Crippen LogP contribution in [0.2, 0.25) is 0 Å².